The molecule has 1 aliphatic rings. The molecule has 3 aromatic carbocycles. The molecule has 0 radical (unpaired) electrons. The maximum absolute atomic E-state index is 13.3. The summed E-state index contributed by atoms with van der Waals surface area (Å²) in [7, 11) is -3.70. The van der Waals surface area contributed by atoms with Crippen molar-refractivity contribution in [1.82, 2.24) is 9.62 Å². The van der Waals surface area contributed by atoms with Crippen LogP contribution in [0, 0.1) is 6.92 Å². The first kappa shape index (κ1) is 22.5. The van der Waals surface area contributed by atoms with Crippen molar-refractivity contribution in [1.29, 1.82) is 0 Å². The highest BCUT2D eigenvalue weighted by molar-refractivity contribution is 7.89. The number of rotatable bonds is 5. The van der Waals surface area contributed by atoms with Gasteiger partial charge in [-0.1, -0.05) is 66.2 Å². The highest BCUT2D eigenvalue weighted by atomic mass is 35.5. The molecule has 1 atom stereocenters. The molecule has 5 nitrogen and oxygen atoms in total. The van der Waals surface area contributed by atoms with E-state index in [1.54, 1.807) is 31.2 Å². The van der Waals surface area contributed by atoms with E-state index in [0.717, 1.165) is 17.5 Å². The lowest BCUT2D eigenvalue weighted by Gasteiger charge is -2.33. The smallest absolute Gasteiger partial charge is 0.252 e. The highest BCUT2D eigenvalue weighted by Crippen LogP contribution is 2.28. The van der Waals surface area contributed by atoms with Crippen molar-refractivity contribution in [2.45, 2.75) is 30.7 Å². The van der Waals surface area contributed by atoms with Gasteiger partial charge in [-0.15, -0.1) is 0 Å². The summed E-state index contributed by atoms with van der Waals surface area (Å²) in [5, 5.41) is 3.48. The number of benzene rings is 3. The zero-order valence-electron chi connectivity index (χ0n) is 17.8. The number of sulfonamides is 1. The Morgan fingerprint density at radius 3 is 2.50 bits per heavy atom. The second-order valence-corrected chi connectivity index (χ2v) is 10.3. The molecule has 0 aliphatic carbocycles. The van der Waals surface area contributed by atoms with E-state index in [4.69, 9.17) is 11.6 Å². The fraction of sp³-hybridized carbons (Fsp3) is 0.240. The van der Waals surface area contributed by atoms with Crippen LogP contribution in [-0.2, 0) is 10.0 Å². The Morgan fingerprint density at radius 2 is 1.72 bits per heavy atom. The molecule has 166 valence electrons. The van der Waals surface area contributed by atoms with Gasteiger partial charge >= 0.3 is 0 Å². The molecule has 1 heterocycles. The Hall–Kier alpha value is -2.67. The zero-order chi connectivity index (χ0) is 22.7. The first-order valence-electron chi connectivity index (χ1n) is 10.6. The maximum Gasteiger partial charge on any atom is 0.252 e. The lowest BCUT2D eigenvalue weighted by atomic mass is 9.98. The van der Waals surface area contributed by atoms with E-state index >= 15 is 0 Å². The summed E-state index contributed by atoms with van der Waals surface area (Å²) < 4.78 is 28.0. The van der Waals surface area contributed by atoms with Gasteiger partial charge in [-0.25, -0.2) is 8.42 Å². The standard InChI is InChI=1S/C25H25ClN2O3S/c1-18-23(26)14-7-15-24(18)32(30,31)28-16-8-11-20(17-28)27-25(29)22-13-6-5-12-21(22)19-9-3-2-4-10-19/h2-7,9-10,12-15,20H,8,11,16-17H2,1H3,(H,27,29). The average Bonchev–Trinajstić information content (AvgIpc) is 2.81. The minimum absolute atomic E-state index is 0.201. The van der Waals surface area contributed by atoms with E-state index in [2.05, 4.69) is 5.32 Å². The summed E-state index contributed by atoms with van der Waals surface area (Å²) in [6, 6.07) is 21.8. The Kier molecular flexibility index (Phi) is 6.65. The molecule has 0 spiro atoms. The zero-order valence-corrected chi connectivity index (χ0v) is 19.4. The monoisotopic (exact) mass is 468 g/mol. The molecule has 32 heavy (non-hydrogen) atoms. The first-order valence-corrected chi connectivity index (χ1v) is 12.4. The largest absolute Gasteiger partial charge is 0.348 e. The molecule has 1 N–H and O–H groups in total. The molecular weight excluding hydrogens is 444 g/mol. The second kappa shape index (κ2) is 9.45. The topological polar surface area (TPSA) is 66.5 Å². The highest BCUT2D eigenvalue weighted by Gasteiger charge is 2.32. The molecule has 1 aliphatic heterocycles. The molecule has 0 aromatic heterocycles. The summed E-state index contributed by atoms with van der Waals surface area (Å²) >= 11 is 6.15. The van der Waals surface area contributed by atoms with Crippen LogP contribution >= 0.6 is 11.6 Å². The summed E-state index contributed by atoms with van der Waals surface area (Å²) in [5.74, 6) is -0.201. The van der Waals surface area contributed by atoms with Crippen molar-refractivity contribution in [3.63, 3.8) is 0 Å². The molecule has 0 saturated carbocycles. The van der Waals surface area contributed by atoms with Gasteiger partial charge in [-0.05, 0) is 54.7 Å². The van der Waals surface area contributed by atoms with E-state index in [1.807, 2.05) is 48.5 Å². The number of amides is 1. The Labute approximate surface area is 194 Å². The number of carbonyl (C=O) groups is 1. The van der Waals surface area contributed by atoms with E-state index in [-0.39, 0.29) is 23.4 Å². The van der Waals surface area contributed by atoms with E-state index in [0.29, 0.717) is 29.1 Å². The van der Waals surface area contributed by atoms with Gasteiger partial charge < -0.3 is 5.32 Å². The van der Waals surface area contributed by atoms with Crippen LogP contribution in [0.4, 0.5) is 0 Å². The third-order valence-electron chi connectivity index (χ3n) is 5.81. The minimum Gasteiger partial charge on any atom is -0.348 e. The van der Waals surface area contributed by atoms with Crippen molar-refractivity contribution in [3.05, 3.63) is 88.9 Å². The fourth-order valence-electron chi connectivity index (χ4n) is 4.10. The lowest BCUT2D eigenvalue weighted by Crippen LogP contribution is -2.49. The van der Waals surface area contributed by atoms with Gasteiger partial charge in [0.2, 0.25) is 10.0 Å². The molecule has 1 unspecified atom stereocenters. The molecular formula is C25H25ClN2O3S. The first-order chi connectivity index (χ1) is 15.4. The van der Waals surface area contributed by atoms with E-state index in [9.17, 15) is 13.2 Å². The third-order valence-corrected chi connectivity index (χ3v) is 8.23. The molecule has 1 fully saturated rings. The average molecular weight is 469 g/mol. The normalized spacial score (nSPS) is 17.1. The van der Waals surface area contributed by atoms with Crippen molar-refractivity contribution < 1.29 is 13.2 Å². The van der Waals surface area contributed by atoms with Gasteiger partial charge in [0, 0.05) is 29.7 Å². The fourth-order valence-corrected chi connectivity index (χ4v) is 6.10. The second-order valence-electron chi connectivity index (χ2n) is 7.95. The van der Waals surface area contributed by atoms with Gasteiger partial charge in [0.25, 0.3) is 5.91 Å². The number of nitrogens with one attached hydrogen (secondary N) is 1. The summed E-state index contributed by atoms with van der Waals surface area (Å²) in [6.45, 7) is 2.35. The summed E-state index contributed by atoms with van der Waals surface area (Å²) in [4.78, 5) is 13.3. The molecule has 4 rings (SSSR count). The number of hydrogen-bond donors (Lipinski definition) is 1. The molecule has 3 aromatic rings. The number of nitrogens with zero attached hydrogens (tertiary/aromatic N) is 1. The van der Waals surface area contributed by atoms with Crippen LogP contribution in [0.15, 0.2) is 77.7 Å². The van der Waals surface area contributed by atoms with Crippen molar-refractivity contribution >= 4 is 27.5 Å². The van der Waals surface area contributed by atoms with Crippen LogP contribution in [0.1, 0.15) is 28.8 Å². The lowest BCUT2D eigenvalue weighted by molar-refractivity contribution is 0.0922. The Morgan fingerprint density at radius 1 is 1.00 bits per heavy atom. The molecule has 7 heteroatoms. The predicted octanol–water partition coefficient (Wildman–Crippen LogP) is 4.90. The van der Waals surface area contributed by atoms with Gasteiger partial charge in [0.15, 0.2) is 0 Å². The Bertz CT molecular complexity index is 1230. The number of halogens is 1. The predicted molar refractivity (Wildman–Crippen MR) is 127 cm³/mol. The summed E-state index contributed by atoms with van der Waals surface area (Å²) in [5.41, 5.74) is 2.92. The third kappa shape index (κ3) is 4.58. The van der Waals surface area contributed by atoms with Gasteiger partial charge in [0.05, 0.1) is 4.90 Å². The van der Waals surface area contributed by atoms with Crippen molar-refractivity contribution in [2.75, 3.05) is 13.1 Å². The van der Waals surface area contributed by atoms with E-state index < -0.39 is 10.0 Å². The van der Waals surface area contributed by atoms with Crippen molar-refractivity contribution in [3.8, 4) is 11.1 Å². The van der Waals surface area contributed by atoms with Crippen LogP contribution in [-0.4, -0.2) is 37.8 Å². The maximum atomic E-state index is 13.3. The van der Waals surface area contributed by atoms with E-state index in [1.165, 1.54) is 4.31 Å². The van der Waals surface area contributed by atoms with Crippen molar-refractivity contribution in [2.24, 2.45) is 0 Å². The molecule has 1 saturated heterocycles. The van der Waals surface area contributed by atoms with Gasteiger partial charge in [-0.3, -0.25) is 4.79 Å². The van der Waals surface area contributed by atoms with Gasteiger partial charge in [-0.2, -0.15) is 4.31 Å². The van der Waals surface area contributed by atoms with Crippen LogP contribution in [0.3, 0.4) is 0 Å². The number of hydrogen-bond acceptors (Lipinski definition) is 3. The van der Waals surface area contributed by atoms with Gasteiger partial charge in [0.1, 0.15) is 0 Å². The van der Waals surface area contributed by atoms with Crippen LogP contribution in [0.25, 0.3) is 11.1 Å². The SMILES string of the molecule is Cc1c(Cl)cccc1S(=O)(=O)N1CCCC(NC(=O)c2ccccc2-c2ccccc2)C1. The van der Waals surface area contributed by atoms with Crippen LogP contribution < -0.4 is 5.32 Å². The number of carbonyl (C=O) groups excluding carboxylic acids is 1. The Balaban J connectivity index is 1.53. The number of piperidine rings is 1. The molecule has 0 bridgehead atoms. The minimum atomic E-state index is -3.70. The quantitative estimate of drug-likeness (QED) is 0.579. The van der Waals surface area contributed by atoms with Crippen LogP contribution in [0.2, 0.25) is 5.02 Å². The molecule has 1 amide bonds. The van der Waals surface area contributed by atoms with Crippen LogP contribution in [0.5, 0.6) is 0 Å². The summed E-state index contributed by atoms with van der Waals surface area (Å²) in [6.07, 6.45) is 1.39.